The fraction of sp³-hybridized carbons (Fsp3) is 0.867. The number of hydrogen-bond donors (Lipinski definition) is 3. The average molecular weight is 298 g/mol. The summed E-state index contributed by atoms with van der Waals surface area (Å²) in [5, 5.41) is 9.28. The second-order valence-corrected chi connectivity index (χ2v) is 6.34. The van der Waals surface area contributed by atoms with E-state index >= 15 is 0 Å². The Morgan fingerprint density at radius 3 is 2.67 bits per heavy atom. The van der Waals surface area contributed by atoms with Gasteiger partial charge in [-0.25, -0.2) is 4.99 Å². The second-order valence-electron chi connectivity index (χ2n) is 6.34. The van der Waals surface area contributed by atoms with Crippen LogP contribution in [0.4, 0.5) is 0 Å². The molecule has 0 aliphatic carbocycles. The van der Waals surface area contributed by atoms with Crippen molar-refractivity contribution < 1.29 is 9.53 Å². The quantitative estimate of drug-likeness (QED) is 0.506. The van der Waals surface area contributed by atoms with Crippen molar-refractivity contribution >= 4 is 11.9 Å². The highest BCUT2D eigenvalue weighted by atomic mass is 16.5. The smallest absolute Gasteiger partial charge is 0.242 e. The van der Waals surface area contributed by atoms with Gasteiger partial charge in [-0.1, -0.05) is 0 Å². The second kappa shape index (κ2) is 8.87. The summed E-state index contributed by atoms with van der Waals surface area (Å²) in [4.78, 5) is 16.1. The zero-order chi connectivity index (χ0) is 15.7. The van der Waals surface area contributed by atoms with E-state index in [4.69, 9.17) is 4.74 Å². The van der Waals surface area contributed by atoms with Gasteiger partial charge in [0.1, 0.15) is 6.54 Å². The van der Waals surface area contributed by atoms with Crippen molar-refractivity contribution in [3.8, 4) is 0 Å². The first kappa shape index (κ1) is 17.8. The lowest BCUT2D eigenvalue weighted by atomic mass is 10.1. The van der Waals surface area contributed by atoms with Crippen LogP contribution >= 0.6 is 0 Å². The largest absolute Gasteiger partial charge is 0.378 e. The van der Waals surface area contributed by atoms with E-state index in [1.54, 1.807) is 0 Å². The molecule has 1 saturated heterocycles. The fourth-order valence-corrected chi connectivity index (χ4v) is 2.17. The summed E-state index contributed by atoms with van der Waals surface area (Å²) in [5.41, 5.74) is -0.224. The minimum Gasteiger partial charge on any atom is -0.378 e. The number of nitrogens with one attached hydrogen (secondary N) is 3. The van der Waals surface area contributed by atoms with Crippen molar-refractivity contribution in [1.82, 2.24) is 16.0 Å². The van der Waals surface area contributed by atoms with Crippen LogP contribution in [0.25, 0.3) is 0 Å². The maximum absolute atomic E-state index is 11.8. The van der Waals surface area contributed by atoms with Gasteiger partial charge in [0.2, 0.25) is 5.91 Å². The molecule has 0 radical (unpaired) electrons. The number of aliphatic imine (C=N–C) groups is 1. The molecular formula is C15H30N4O2. The molecule has 0 bridgehead atoms. The maximum atomic E-state index is 11.8. The van der Waals surface area contributed by atoms with Crippen LogP contribution in [0.5, 0.6) is 0 Å². The Morgan fingerprint density at radius 2 is 2.10 bits per heavy atom. The number of carbonyl (C=O) groups excluding carboxylic acids is 1. The van der Waals surface area contributed by atoms with Gasteiger partial charge in [-0.3, -0.25) is 4.79 Å². The van der Waals surface area contributed by atoms with E-state index in [1.165, 1.54) is 0 Å². The van der Waals surface area contributed by atoms with Gasteiger partial charge in [-0.15, -0.1) is 0 Å². The van der Waals surface area contributed by atoms with Crippen LogP contribution < -0.4 is 16.0 Å². The Morgan fingerprint density at radius 1 is 1.33 bits per heavy atom. The number of rotatable bonds is 6. The number of carbonyl (C=O) groups is 1. The highest BCUT2D eigenvalue weighted by Crippen LogP contribution is 2.14. The maximum Gasteiger partial charge on any atom is 0.242 e. The monoisotopic (exact) mass is 298 g/mol. The summed E-state index contributed by atoms with van der Waals surface area (Å²) >= 11 is 0. The Balaban J connectivity index is 2.32. The van der Waals surface area contributed by atoms with Gasteiger partial charge in [0.15, 0.2) is 5.96 Å². The zero-order valence-electron chi connectivity index (χ0n) is 13.8. The van der Waals surface area contributed by atoms with E-state index < -0.39 is 0 Å². The molecule has 1 unspecified atom stereocenters. The Kier molecular flexibility index (Phi) is 7.50. The third-order valence-corrected chi connectivity index (χ3v) is 3.02. The van der Waals surface area contributed by atoms with E-state index in [9.17, 15) is 4.79 Å². The summed E-state index contributed by atoms with van der Waals surface area (Å²) < 4.78 is 5.58. The molecule has 0 aromatic rings. The van der Waals surface area contributed by atoms with Gasteiger partial charge < -0.3 is 20.7 Å². The molecule has 1 rings (SSSR count). The SMILES string of the molecule is CCNC(=NCC(=O)NC(C)(C)C)NCCC1CCCO1. The lowest BCUT2D eigenvalue weighted by Gasteiger charge is -2.20. The molecule has 0 aromatic heterocycles. The molecule has 1 aliphatic heterocycles. The predicted molar refractivity (Wildman–Crippen MR) is 85.5 cm³/mol. The van der Waals surface area contributed by atoms with Crippen molar-refractivity contribution in [3.05, 3.63) is 0 Å². The molecule has 1 fully saturated rings. The molecule has 1 aliphatic rings. The van der Waals surface area contributed by atoms with Crippen molar-refractivity contribution in [2.24, 2.45) is 4.99 Å². The molecule has 0 spiro atoms. The molecule has 21 heavy (non-hydrogen) atoms. The summed E-state index contributed by atoms with van der Waals surface area (Å²) in [6.45, 7) is 10.5. The summed E-state index contributed by atoms with van der Waals surface area (Å²) in [6.07, 6.45) is 3.64. The average Bonchev–Trinajstić information content (AvgIpc) is 2.87. The number of nitrogens with zero attached hydrogens (tertiary/aromatic N) is 1. The molecule has 6 heteroatoms. The highest BCUT2D eigenvalue weighted by Gasteiger charge is 2.15. The predicted octanol–water partition coefficient (Wildman–Crippen LogP) is 1.03. The van der Waals surface area contributed by atoms with Gasteiger partial charge in [-0.2, -0.15) is 0 Å². The van der Waals surface area contributed by atoms with Crippen LogP contribution in [0.3, 0.4) is 0 Å². The standard InChI is InChI=1S/C15H30N4O2/c1-5-16-14(17-9-8-12-7-6-10-21-12)18-11-13(20)19-15(2,3)4/h12H,5-11H2,1-4H3,(H,19,20)(H2,16,17,18). The Labute approximate surface area is 128 Å². The van der Waals surface area contributed by atoms with E-state index in [-0.39, 0.29) is 18.0 Å². The van der Waals surface area contributed by atoms with Crippen LogP contribution in [0.2, 0.25) is 0 Å². The lowest BCUT2D eigenvalue weighted by molar-refractivity contribution is -0.121. The Hall–Kier alpha value is -1.30. The van der Waals surface area contributed by atoms with Crippen molar-refractivity contribution in [3.63, 3.8) is 0 Å². The molecular weight excluding hydrogens is 268 g/mol. The van der Waals surface area contributed by atoms with Gasteiger partial charge in [0, 0.05) is 25.2 Å². The molecule has 0 aromatic carbocycles. The number of amides is 1. The van der Waals surface area contributed by atoms with Crippen molar-refractivity contribution in [2.45, 2.75) is 58.6 Å². The number of hydrogen-bond acceptors (Lipinski definition) is 3. The minimum absolute atomic E-state index is 0.0705. The summed E-state index contributed by atoms with van der Waals surface area (Å²) in [7, 11) is 0. The minimum atomic E-state index is -0.224. The van der Waals surface area contributed by atoms with E-state index in [2.05, 4.69) is 20.9 Å². The van der Waals surface area contributed by atoms with Crippen molar-refractivity contribution in [2.75, 3.05) is 26.2 Å². The third kappa shape index (κ3) is 8.55. The van der Waals surface area contributed by atoms with Crippen LogP contribution in [0.1, 0.15) is 47.0 Å². The van der Waals surface area contributed by atoms with Gasteiger partial charge in [0.25, 0.3) is 0 Å². The van der Waals surface area contributed by atoms with Crippen LogP contribution in [0.15, 0.2) is 4.99 Å². The number of guanidine groups is 1. The van der Waals surface area contributed by atoms with Crippen molar-refractivity contribution in [1.29, 1.82) is 0 Å². The Bertz CT molecular complexity index is 344. The topological polar surface area (TPSA) is 74.8 Å². The molecule has 0 saturated carbocycles. The highest BCUT2D eigenvalue weighted by molar-refractivity contribution is 5.85. The van der Waals surface area contributed by atoms with Gasteiger partial charge in [0.05, 0.1) is 6.10 Å². The summed E-state index contributed by atoms with van der Waals surface area (Å²) in [5.74, 6) is 0.610. The van der Waals surface area contributed by atoms with Crippen LogP contribution in [-0.4, -0.2) is 49.8 Å². The first-order valence-electron chi connectivity index (χ1n) is 7.85. The molecule has 1 atom stereocenters. The van der Waals surface area contributed by atoms with Gasteiger partial charge >= 0.3 is 0 Å². The van der Waals surface area contributed by atoms with E-state index in [0.717, 1.165) is 39.0 Å². The van der Waals surface area contributed by atoms with E-state index in [0.29, 0.717) is 12.1 Å². The lowest BCUT2D eigenvalue weighted by Crippen LogP contribution is -2.43. The molecule has 6 nitrogen and oxygen atoms in total. The molecule has 1 heterocycles. The first-order chi connectivity index (χ1) is 9.90. The zero-order valence-corrected chi connectivity index (χ0v) is 13.8. The molecule has 1 amide bonds. The summed E-state index contributed by atoms with van der Waals surface area (Å²) in [6, 6.07) is 0. The first-order valence-corrected chi connectivity index (χ1v) is 7.85. The van der Waals surface area contributed by atoms with Crippen LogP contribution in [-0.2, 0) is 9.53 Å². The normalized spacial score (nSPS) is 19.4. The molecule has 3 N–H and O–H groups in total. The third-order valence-electron chi connectivity index (χ3n) is 3.02. The molecule has 122 valence electrons. The fourth-order valence-electron chi connectivity index (χ4n) is 2.17. The van der Waals surface area contributed by atoms with Gasteiger partial charge in [-0.05, 0) is 47.0 Å². The number of ether oxygens (including phenoxy) is 1. The van der Waals surface area contributed by atoms with Crippen LogP contribution in [0, 0.1) is 0 Å². The van der Waals surface area contributed by atoms with E-state index in [1.807, 2.05) is 27.7 Å².